The van der Waals surface area contributed by atoms with Gasteiger partial charge in [-0.3, -0.25) is 0 Å². The quantitative estimate of drug-likeness (QED) is 0.388. The number of aromatic nitrogens is 2. The Labute approximate surface area is 157 Å². The number of hydrogen-bond acceptors (Lipinski definition) is 5. The van der Waals surface area contributed by atoms with Crippen LogP contribution in [-0.2, 0) is 11.0 Å². The van der Waals surface area contributed by atoms with Crippen LogP contribution < -0.4 is 0 Å². The zero-order valence-corrected chi connectivity index (χ0v) is 14.1. The van der Waals surface area contributed by atoms with E-state index < -0.39 is 23.4 Å². The van der Waals surface area contributed by atoms with Gasteiger partial charge in [-0.25, -0.2) is 9.48 Å². The molecule has 0 amide bonds. The molecule has 9 heteroatoms. The average Bonchev–Trinajstić information content (AvgIpc) is 3.15. The van der Waals surface area contributed by atoms with Crippen molar-refractivity contribution in [2.75, 3.05) is 0 Å². The molecular formula is C19H11F3N4O2. The predicted octanol–water partition coefficient (Wildman–Crippen LogP) is 3.95. The first-order chi connectivity index (χ1) is 13.4. The molecule has 0 fully saturated rings. The summed E-state index contributed by atoms with van der Waals surface area (Å²) in [4.78, 5) is 16.7. The molecule has 0 saturated heterocycles. The summed E-state index contributed by atoms with van der Waals surface area (Å²) in [5, 5.41) is 15.8. The van der Waals surface area contributed by atoms with Crippen molar-refractivity contribution in [2.45, 2.75) is 6.18 Å². The van der Waals surface area contributed by atoms with Gasteiger partial charge in [-0.05, 0) is 29.8 Å². The standard InChI is InChI=1S/C19H11F3N4O2/c20-19(21,22)17-16(12-24-26(17)15-4-2-1-3-5-15)18(27)28-25-11-14-8-6-13(10-23)7-9-14/h1-9,11-12H/b25-11+. The van der Waals surface area contributed by atoms with Crippen LogP contribution in [-0.4, -0.2) is 22.0 Å². The molecule has 0 aliphatic heterocycles. The highest BCUT2D eigenvalue weighted by molar-refractivity contribution is 5.91. The maximum absolute atomic E-state index is 13.5. The molecule has 1 aromatic heterocycles. The van der Waals surface area contributed by atoms with Gasteiger partial charge in [-0.15, -0.1) is 0 Å². The summed E-state index contributed by atoms with van der Waals surface area (Å²) in [6, 6.07) is 15.7. The van der Waals surface area contributed by atoms with Crippen molar-refractivity contribution in [3.63, 3.8) is 0 Å². The second-order valence-electron chi connectivity index (χ2n) is 5.50. The molecule has 0 radical (unpaired) electrons. The summed E-state index contributed by atoms with van der Waals surface area (Å²) in [7, 11) is 0. The number of rotatable bonds is 4. The second kappa shape index (κ2) is 7.75. The topological polar surface area (TPSA) is 80.3 Å². The van der Waals surface area contributed by atoms with Crippen LogP contribution >= 0.6 is 0 Å². The van der Waals surface area contributed by atoms with Gasteiger partial charge >= 0.3 is 12.1 Å². The maximum atomic E-state index is 13.5. The minimum absolute atomic E-state index is 0.148. The SMILES string of the molecule is N#Cc1ccc(/C=N/OC(=O)c2cnn(-c3ccccc3)c2C(F)(F)F)cc1. The molecule has 0 saturated carbocycles. The normalized spacial score (nSPS) is 11.4. The lowest BCUT2D eigenvalue weighted by Crippen LogP contribution is -2.17. The summed E-state index contributed by atoms with van der Waals surface area (Å²) >= 11 is 0. The van der Waals surface area contributed by atoms with Crippen LogP contribution in [0.3, 0.4) is 0 Å². The first-order valence-electron chi connectivity index (χ1n) is 7.85. The van der Waals surface area contributed by atoms with Gasteiger partial charge in [0.2, 0.25) is 0 Å². The van der Waals surface area contributed by atoms with Crippen molar-refractivity contribution in [1.29, 1.82) is 5.26 Å². The van der Waals surface area contributed by atoms with E-state index in [2.05, 4.69) is 15.1 Å². The Bertz CT molecular complexity index is 1050. The maximum Gasteiger partial charge on any atom is 0.434 e. The summed E-state index contributed by atoms with van der Waals surface area (Å²) < 4.78 is 41.2. The fourth-order valence-corrected chi connectivity index (χ4v) is 2.36. The summed E-state index contributed by atoms with van der Waals surface area (Å²) in [5.41, 5.74) is -0.930. The molecule has 2 aromatic carbocycles. The second-order valence-corrected chi connectivity index (χ2v) is 5.50. The third kappa shape index (κ3) is 4.07. The molecule has 6 nitrogen and oxygen atoms in total. The van der Waals surface area contributed by atoms with Gasteiger partial charge in [-0.1, -0.05) is 35.5 Å². The molecule has 0 aliphatic rings. The molecule has 1 heterocycles. The molecule has 0 unspecified atom stereocenters. The van der Waals surface area contributed by atoms with E-state index in [1.807, 2.05) is 6.07 Å². The highest BCUT2D eigenvalue weighted by Crippen LogP contribution is 2.33. The third-order valence-electron chi connectivity index (χ3n) is 3.64. The molecule has 3 rings (SSSR count). The van der Waals surface area contributed by atoms with E-state index in [0.717, 1.165) is 12.4 Å². The lowest BCUT2D eigenvalue weighted by atomic mass is 10.2. The summed E-state index contributed by atoms with van der Waals surface area (Å²) in [6.45, 7) is 0. The van der Waals surface area contributed by atoms with E-state index in [1.54, 1.807) is 30.3 Å². The van der Waals surface area contributed by atoms with Crippen LogP contribution in [0.4, 0.5) is 13.2 Å². The Hall–Kier alpha value is -3.93. The van der Waals surface area contributed by atoms with Crippen molar-refractivity contribution in [1.82, 2.24) is 9.78 Å². The highest BCUT2D eigenvalue weighted by atomic mass is 19.4. The number of benzene rings is 2. The number of carbonyl (C=O) groups excluding carboxylic acids is 1. The van der Waals surface area contributed by atoms with Crippen molar-refractivity contribution in [3.8, 4) is 11.8 Å². The minimum Gasteiger partial charge on any atom is -0.313 e. The monoisotopic (exact) mass is 384 g/mol. The minimum atomic E-state index is -4.84. The molecule has 28 heavy (non-hydrogen) atoms. The number of para-hydroxylation sites is 1. The molecule has 0 spiro atoms. The predicted molar refractivity (Wildman–Crippen MR) is 92.7 cm³/mol. The molecule has 0 aliphatic carbocycles. The van der Waals surface area contributed by atoms with Crippen LogP contribution in [0, 0.1) is 11.3 Å². The van der Waals surface area contributed by atoms with Gasteiger partial charge in [0.1, 0.15) is 5.56 Å². The Morgan fingerprint density at radius 1 is 1.14 bits per heavy atom. The largest absolute Gasteiger partial charge is 0.434 e. The molecule has 0 bridgehead atoms. The Balaban J connectivity index is 1.84. The van der Waals surface area contributed by atoms with Crippen LogP contribution in [0.2, 0.25) is 0 Å². The van der Waals surface area contributed by atoms with Gasteiger partial charge in [-0.2, -0.15) is 23.5 Å². The fourth-order valence-electron chi connectivity index (χ4n) is 2.36. The highest BCUT2D eigenvalue weighted by Gasteiger charge is 2.41. The molecule has 0 atom stereocenters. The number of oxime groups is 1. The van der Waals surface area contributed by atoms with Crippen LogP contribution in [0.15, 0.2) is 65.9 Å². The molecule has 0 N–H and O–H groups in total. The number of hydrogen-bond donors (Lipinski definition) is 0. The number of nitriles is 1. The van der Waals surface area contributed by atoms with E-state index in [4.69, 9.17) is 5.26 Å². The number of nitrogens with zero attached hydrogens (tertiary/aromatic N) is 4. The third-order valence-corrected chi connectivity index (χ3v) is 3.64. The Morgan fingerprint density at radius 3 is 2.43 bits per heavy atom. The zero-order valence-electron chi connectivity index (χ0n) is 14.1. The lowest BCUT2D eigenvalue weighted by Gasteiger charge is -2.11. The Kier molecular flexibility index (Phi) is 5.22. The molecular weight excluding hydrogens is 373 g/mol. The van der Waals surface area contributed by atoms with Crippen molar-refractivity contribution in [3.05, 3.63) is 83.2 Å². The van der Waals surface area contributed by atoms with E-state index >= 15 is 0 Å². The molecule has 140 valence electrons. The first kappa shape index (κ1) is 18.8. The summed E-state index contributed by atoms with van der Waals surface area (Å²) in [6.07, 6.45) is -2.90. The van der Waals surface area contributed by atoms with Gasteiger partial charge in [0.15, 0.2) is 5.69 Å². The van der Waals surface area contributed by atoms with E-state index in [0.29, 0.717) is 15.8 Å². The van der Waals surface area contributed by atoms with Crippen LogP contribution in [0.5, 0.6) is 0 Å². The smallest absolute Gasteiger partial charge is 0.313 e. The number of halogens is 3. The van der Waals surface area contributed by atoms with E-state index in [9.17, 15) is 18.0 Å². The van der Waals surface area contributed by atoms with Crippen molar-refractivity contribution in [2.24, 2.45) is 5.16 Å². The van der Waals surface area contributed by atoms with Gasteiger partial charge in [0, 0.05) is 0 Å². The average molecular weight is 384 g/mol. The Morgan fingerprint density at radius 2 is 1.82 bits per heavy atom. The van der Waals surface area contributed by atoms with Crippen LogP contribution in [0.25, 0.3) is 5.69 Å². The van der Waals surface area contributed by atoms with E-state index in [-0.39, 0.29) is 5.69 Å². The fraction of sp³-hybridized carbons (Fsp3) is 0.0526. The summed E-state index contributed by atoms with van der Waals surface area (Å²) in [5.74, 6) is -1.29. The molecule has 3 aromatic rings. The lowest BCUT2D eigenvalue weighted by molar-refractivity contribution is -0.143. The van der Waals surface area contributed by atoms with Gasteiger partial charge in [0.05, 0.1) is 29.7 Å². The van der Waals surface area contributed by atoms with E-state index in [1.165, 1.54) is 24.3 Å². The first-order valence-corrected chi connectivity index (χ1v) is 7.85. The van der Waals surface area contributed by atoms with Gasteiger partial charge in [0.25, 0.3) is 0 Å². The van der Waals surface area contributed by atoms with Gasteiger partial charge < -0.3 is 4.84 Å². The number of carbonyl (C=O) groups is 1. The number of alkyl halides is 3. The van der Waals surface area contributed by atoms with Crippen LogP contribution in [0.1, 0.15) is 27.2 Å². The zero-order chi connectivity index (χ0) is 20.1. The van der Waals surface area contributed by atoms with Crippen molar-refractivity contribution < 1.29 is 22.8 Å². The van der Waals surface area contributed by atoms with Crippen molar-refractivity contribution >= 4 is 12.2 Å².